The first-order chi connectivity index (χ1) is 13.7. The van der Waals surface area contributed by atoms with Crippen LogP contribution in [0.2, 0.25) is 0 Å². The second-order valence-corrected chi connectivity index (χ2v) is 13.5. The van der Waals surface area contributed by atoms with Gasteiger partial charge in [0.05, 0.1) is 6.10 Å². The van der Waals surface area contributed by atoms with E-state index in [2.05, 4.69) is 34.6 Å². The fourth-order valence-electron chi connectivity index (χ4n) is 10.4. The lowest BCUT2D eigenvalue weighted by atomic mass is 9.44. The Hall–Kier alpha value is -0.0400. The van der Waals surface area contributed by atoms with Gasteiger partial charge in [-0.1, -0.05) is 53.9 Å². The Bertz CT molecular complexity index is 626. The van der Waals surface area contributed by atoms with Gasteiger partial charge in [0.15, 0.2) is 0 Å². The molecule has 0 aliphatic heterocycles. The molecule has 5 fully saturated rings. The van der Waals surface area contributed by atoms with E-state index in [-0.39, 0.29) is 6.10 Å². The van der Waals surface area contributed by atoms with E-state index in [4.69, 9.17) is 0 Å². The lowest BCUT2D eigenvalue weighted by Gasteiger charge is -2.61. The summed E-state index contributed by atoms with van der Waals surface area (Å²) in [6, 6.07) is 0. The van der Waals surface area contributed by atoms with E-state index in [9.17, 15) is 5.11 Å². The molecule has 5 saturated carbocycles. The molecule has 10 atom stereocenters. The molecule has 1 N–H and O–H groups in total. The molecule has 29 heavy (non-hydrogen) atoms. The van der Waals surface area contributed by atoms with Crippen LogP contribution in [0.4, 0.5) is 0 Å². The highest BCUT2D eigenvalue weighted by Crippen LogP contribution is 2.80. The molecule has 0 bridgehead atoms. The molecule has 0 unspecified atom stereocenters. The van der Waals surface area contributed by atoms with Gasteiger partial charge in [0.1, 0.15) is 0 Å². The molecule has 0 radical (unpaired) electrons. The van der Waals surface area contributed by atoms with E-state index >= 15 is 0 Å². The van der Waals surface area contributed by atoms with Crippen molar-refractivity contribution in [1.82, 2.24) is 0 Å². The van der Waals surface area contributed by atoms with Crippen LogP contribution in [0.15, 0.2) is 0 Å². The van der Waals surface area contributed by atoms with Crippen molar-refractivity contribution < 1.29 is 5.11 Å². The highest BCUT2D eigenvalue weighted by atomic mass is 16.3. The van der Waals surface area contributed by atoms with Gasteiger partial charge in [-0.2, -0.15) is 0 Å². The van der Waals surface area contributed by atoms with E-state index in [1.54, 1.807) is 0 Å². The van der Waals surface area contributed by atoms with Gasteiger partial charge in [-0.25, -0.2) is 0 Å². The van der Waals surface area contributed by atoms with Crippen molar-refractivity contribution in [3.63, 3.8) is 0 Å². The molecule has 0 aromatic rings. The number of aliphatic hydroxyl groups is 1. The summed E-state index contributed by atoms with van der Waals surface area (Å²) in [6.45, 7) is 12.8. The monoisotopic (exact) mass is 400 g/mol. The summed E-state index contributed by atoms with van der Waals surface area (Å²) in [5.41, 5.74) is 1.71. The normalized spacial score (nSPS) is 54.3. The van der Waals surface area contributed by atoms with Crippen LogP contribution in [-0.4, -0.2) is 11.2 Å². The average molecular weight is 401 g/mol. The van der Waals surface area contributed by atoms with Gasteiger partial charge < -0.3 is 5.11 Å². The SMILES string of the molecule is CC(C)CCC[C@@H](C)[C@H]1CC[C@H]2[C@@H]3C[C@@H]4C[C@@]45C[C@@H](O)CC[C@]5(C)[C@H]3CC[C@]12C. The maximum Gasteiger partial charge on any atom is 0.0546 e. The predicted octanol–water partition coefficient (Wildman–Crippen LogP) is 7.47. The van der Waals surface area contributed by atoms with Gasteiger partial charge in [-0.15, -0.1) is 0 Å². The summed E-state index contributed by atoms with van der Waals surface area (Å²) in [4.78, 5) is 0. The lowest BCUT2D eigenvalue weighted by Crippen LogP contribution is -2.55. The van der Waals surface area contributed by atoms with Gasteiger partial charge in [0, 0.05) is 0 Å². The van der Waals surface area contributed by atoms with E-state index in [0.717, 1.165) is 54.3 Å². The van der Waals surface area contributed by atoms with Crippen molar-refractivity contribution in [3.8, 4) is 0 Å². The molecule has 0 heterocycles. The maximum atomic E-state index is 10.4. The number of rotatable bonds is 5. The van der Waals surface area contributed by atoms with Gasteiger partial charge >= 0.3 is 0 Å². The van der Waals surface area contributed by atoms with E-state index in [1.165, 1.54) is 64.2 Å². The second-order valence-electron chi connectivity index (χ2n) is 13.5. The third kappa shape index (κ3) is 2.95. The first-order valence-electron chi connectivity index (χ1n) is 13.4. The zero-order valence-electron chi connectivity index (χ0n) is 20.1. The third-order valence-electron chi connectivity index (χ3n) is 12.0. The molecule has 0 saturated heterocycles. The molecule has 5 rings (SSSR count). The summed E-state index contributed by atoms with van der Waals surface area (Å²) in [5, 5.41) is 10.4. The Balaban J connectivity index is 1.33. The van der Waals surface area contributed by atoms with Crippen molar-refractivity contribution in [2.75, 3.05) is 0 Å². The first kappa shape index (κ1) is 20.8. The van der Waals surface area contributed by atoms with Crippen LogP contribution in [0.5, 0.6) is 0 Å². The summed E-state index contributed by atoms with van der Waals surface area (Å²) < 4.78 is 0. The molecule has 5 aliphatic carbocycles. The van der Waals surface area contributed by atoms with Crippen LogP contribution < -0.4 is 0 Å². The molecular formula is C28H48O. The third-order valence-corrected chi connectivity index (χ3v) is 12.0. The van der Waals surface area contributed by atoms with Crippen LogP contribution in [0.3, 0.4) is 0 Å². The van der Waals surface area contributed by atoms with Crippen molar-refractivity contribution in [2.24, 2.45) is 57.7 Å². The minimum atomic E-state index is 0.000955. The molecule has 0 aromatic carbocycles. The summed E-state index contributed by atoms with van der Waals surface area (Å²) in [6.07, 6.45) is 16.8. The second kappa shape index (κ2) is 6.98. The Morgan fingerprint density at radius 1 is 0.897 bits per heavy atom. The quantitative estimate of drug-likeness (QED) is 0.507. The molecule has 1 nitrogen and oxygen atoms in total. The zero-order chi connectivity index (χ0) is 20.6. The van der Waals surface area contributed by atoms with E-state index in [0.29, 0.717) is 16.2 Å². The minimum Gasteiger partial charge on any atom is -0.393 e. The van der Waals surface area contributed by atoms with Crippen molar-refractivity contribution in [3.05, 3.63) is 0 Å². The Morgan fingerprint density at radius 2 is 1.69 bits per heavy atom. The largest absolute Gasteiger partial charge is 0.393 e. The average Bonchev–Trinajstić information content (AvgIpc) is 3.22. The topological polar surface area (TPSA) is 20.2 Å². The first-order valence-corrected chi connectivity index (χ1v) is 13.4. The smallest absolute Gasteiger partial charge is 0.0546 e. The maximum absolute atomic E-state index is 10.4. The lowest BCUT2D eigenvalue weighted by molar-refractivity contribution is -0.137. The fraction of sp³-hybridized carbons (Fsp3) is 1.00. The molecule has 1 spiro atoms. The predicted molar refractivity (Wildman–Crippen MR) is 122 cm³/mol. The molecule has 1 heteroatoms. The summed E-state index contributed by atoms with van der Waals surface area (Å²) in [5.74, 6) is 6.68. The number of aliphatic hydroxyl groups excluding tert-OH is 1. The summed E-state index contributed by atoms with van der Waals surface area (Å²) >= 11 is 0. The van der Waals surface area contributed by atoms with Crippen molar-refractivity contribution in [2.45, 2.75) is 118 Å². The van der Waals surface area contributed by atoms with Gasteiger partial charge in [-0.3, -0.25) is 0 Å². The zero-order valence-corrected chi connectivity index (χ0v) is 20.1. The Kier molecular flexibility index (Phi) is 5.02. The van der Waals surface area contributed by atoms with Crippen molar-refractivity contribution >= 4 is 0 Å². The molecular weight excluding hydrogens is 352 g/mol. The molecule has 166 valence electrons. The van der Waals surface area contributed by atoms with E-state index < -0.39 is 0 Å². The number of hydrogen-bond acceptors (Lipinski definition) is 1. The molecule has 5 aliphatic rings. The highest BCUT2D eigenvalue weighted by Gasteiger charge is 2.73. The van der Waals surface area contributed by atoms with Crippen LogP contribution in [-0.2, 0) is 0 Å². The fourth-order valence-corrected chi connectivity index (χ4v) is 10.4. The van der Waals surface area contributed by atoms with Crippen molar-refractivity contribution in [1.29, 1.82) is 0 Å². The Labute approximate surface area is 180 Å². The van der Waals surface area contributed by atoms with Gasteiger partial charge in [0.25, 0.3) is 0 Å². The minimum absolute atomic E-state index is 0.000955. The standard InChI is InChI=1S/C28H48O/c1-18(2)7-6-8-19(3)23-9-10-24-22-15-20-16-28(20)17-21(29)11-14-27(28,5)25(22)12-13-26(23,24)4/h18-25,29H,6-17H2,1-5H3/t19-,20-,21+,22+,23-,24+,25+,26-,27-,28-/m1/s1. The van der Waals surface area contributed by atoms with E-state index in [1.807, 2.05) is 0 Å². The van der Waals surface area contributed by atoms with Gasteiger partial charge in [-0.05, 0) is 115 Å². The Morgan fingerprint density at radius 3 is 2.45 bits per heavy atom. The molecule has 0 amide bonds. The van der Waals surface area contributed by atoms with Crippen LogP contribution in [0.1, 0.15) is 112 Å². The van der Waals surface area contributed by atoms with Crippen LogP contribution in [0, 0.1) is 57.7 Å². The highest BCUT2D eigenvalue weighted by molar-refractivity contribution is 5.22. The van der Waals surface area contributed by atoms with Crippen LogP contribution >= 0.6 is 0 Å². The number of fused-ring (bicyclic) bond motifs is 4. The molecule has 0 aromatic heterocycles. The van der Waals surface area contributed by atoms with Gasteiger partial charge in [0.2, 0.25) is 0 Å². The summed E-state index contributed by atoms with van der Waals surface area (Å²) in [7, 11) is 0. The van der Waals surface area contributed by atoms with Crippen LogP contribution in [0.25, 0.3) is 0 Å². The number of hydrogen-bond donors (Lipinski definition) is 1.